The summed E-state index contributed by atoms with van der Waals surface area (Å²) in [5.74, 6) is 0.772. The van der Waals surface area contributed by atoms with Gasteiger partial charge in [-0.05, 0) is 44.5 Å². The summed E-state index contributed by atoms with van der Waals surface area (Å²) in [5, 5.41) is 17.7. The Morgan fingerprint density at radius 1 is 1.35 bits per heavy atom. The van der Waals surface area contributed by atoms with Gasteiger partial charge in [0.25, 0.3) is 0 Å². The first-order valence-electron chi connectivity index (χ1n) is 7.73. The molecule has 0 unspecified atom stereocenters. The molecule has 0 amide bonds. The fourth-order valence-electron chi connectivity index (χ4n) is 2.60. The number of ether oxygens (including phenoxy) is 1. The second-order valence-corrected chi connectivity index (χ2v) is 5.89. The van der Waals surface area contributed by atoms with Crippen LogP contribution in [0, 0.1) is 13.8 Å². The van der Waals surface area contributed by atoms with Gasteiger partial charge in [-0.1, -0.05) is 17.7 Å². The quantitative estimate of drug-likeness (QED) is 0.727. The lowest BCUT2D eigenvalue weighted by Gasteiger charge is -2.09. The van der Waals surface area contributed by atoms with E-state index in [0.29, 0.717) is 6.54 Å². The van der Waals surface area contributed by atoms with Gasteiger partial charge in [-0.3, -0.25) is 4.68 Å². The van der Waals surface area contributed by atoms with Crippen molar-refractivity contribution in [2.75, 3.05) is 20.3 Å². The smallest absolute Gasteiger partial charge is 0.120 e. The molecular formula is C17H24ClN3O2. The first-order chi connectivity index (χ1) is 11.1. The SMILES string of the molecule is COc1ccc(CCNCc2c(C)nn(CCO)c2C)c(Cl)c1. The third-order valence-electron chi connectivity index (χ3n) is 3.98. The summed E-state index contributed by atoms with van der Waals surface area (Å²) >= 11 is 6.25. The Kier molecular flexibility index (Phi) is 6.45. The molecule has 0 radical (unpaired) electrons. The molecule has 0 saturated carbocycles. The van der Waals surface area contributed by atoms with E-state index in [1.54, 1.807) is 7.11 Å². The van der Waals surface area contributed by atoms with Crippen LogP contribution in [0.1, 0.15) is 22.5 Å². The minimum atomic E-state index is 0.102. The van der Waals surface area contributed by atoms with Crippen LogP contribution in [0.15, 0.2) is 18.2 Å². The van der Waals surface area contributed by atoms with Crippen molar-refractivity contribution in [3.05, 3.63) is 45.7 Å². The number of aryl methyl sites for hydroxylation is 1. The molecule has 23 heavy (non-hydrogen) atoms. The number of benzene rings is 1. The number of rotatable bonds is 8. The lowest BCUT2D eigenvalue weighted by molar-refractivity contribution is 0.267. The van der Waals surface area contributed by atoms with Crippen LogP contribution in [0.4, 0.5) is 0 Å². The molecule has 0 aliphatic rings. The molecule has 1 heterocycles. The van der Waals surface area contributed by atoms with Gasteiger partial charge in [0.15, 0.2) is 0 Å². The number of aliphatic hydroxyl groups is 1. The molecule has 2 rings (SSSR count). The van der Waals surface area contributed by atoms with E-state index in [-0.39, 0.29) is 6.61 Å². The predicted molar refractivity (Wildman–Crippen MR) is 92.2 cm³/mol. The highest BCUT2D eigenvalue weighted by molar-refractivity contribution is 6.31. The van der Waals surface area contributed by atoms with E-state index in [4.69, 9.17) is 21.4 Å². The summed E-state index contributed by atoms with van der Waals surface area (Å²) in [6.45, 7) is 6.26. The number of methoxy groups -OCH3 is 1. The zero-order chi connectivity index (χ0) is 16.8. The van der Waals surface area contributed by atoms with E-state index in [0.717, 1.165) is 47.2 Å². The standard InChI is InChI=1S/C17H24ClN3O2/c1-12-16(13(2)21(20-12)8-9-22)11-19-7-6-14-4-5-15(23-3)10-17(14)18/h4-5,10,19,22H,6-9,11H2,1-3H3. The Balaban J connectivity index is 1.88. The Bertz CT molecular complexity index is 656. The molecule has 1 aromatic carbocycles. The maximum absolute atomic E-state index is 9.05. The normalized spacial score (nSPS) is 11.0. The van der Waals surface area contributed by atoms with E-state index in [9.17, 15) is 0 Å². The van der Waals surface area contributed by atoms with Gasteiger partial charge in [0.2, 0.25) is 0 Å². The average molecular weight is 338 g/mol. The number of aliphatic hydroxyl groups excluding tert-OH is 1. The highest BCUT2D eigenvalue weighted by atomic mass is 35.5. The van der Waals surface area contributed by atoms with E-state index < -0.39 is 0 Å². The highest BCUT2D eigenvalue weighted by Gasteiger charge is 2.10. The number of hydrogen-bond donors (Lipinski definition) is 2. The van der Waals surface area contributed by atoms with Crippen LogP contribution in [0.3, 0.4) is 0 Å². The van der Waals surface area contributed by atoms with Crippen molar-refractivity contribution in [3.63, 3.8) is 0 Å². The van der Waals surface area contributed by atoms with E-state index >= 15 is 0 Å². The van der Waals surface area contributed by atoms with Gasteiger partial charge in [-0.15, -0.1) is 0 Å². The average Bonchev–Trinajstić information content (AvgIpc) is 2.80. The molecular weight excluding hydrogens is 314 g/mol. The van der Waals surface area contributed by atoms with E-state index in [2.05, 4.69) is 10.4 Å². The number of hydrogen-bond acceptors (Lipinski definition) is 4. The Morgan fingerprint density at radius 3 is 2.78 bits per heavy atom. The first-order valence-corrected chi connectivity index (χ1v) is 8.11. The second kappa shape index (κ2) is 8.34. The van der Waals surface area contributed by atoms with Gasteiger partial charge < -0.3 is 15.2 Å². The van der Waals surface area contributed by atoms with Crippen molar-refractivity contribution in [2.24, 2.45) is 0 Å². The monoisotopic (exact) mass is 337 g/mol. The summed E-state index contributed by atoms with van der Waals surface area (Å²) in [6, 6.07) is 5.76. The summed E-state index contributed by atoms with van der Waals surface area (Å²) in [4.78, 5) is 0. The van der Waals surface area contributed by atoms with Crippen molar-refractivity contribution in [1.29, 1.82) is 0 Å². The predicted octanol–water partition coefficient (Wildman–Crippen LogP) is 2.49. The molecule has 0 bridgehead atoms. The number of nitrogens with one attached hydrogen (secondary N) is 1. The Labute approximate surface area is 142 Å². The van der Waals surface area contributed by atoms with Gasteiger partial charge in [-0.25, -0.2) is 0 Å². The largest absolute Gasteiger partial charge is 0.497 e. The number of aromatic nitrogens is 2. The molecule has 0 fully saturated rings. The van der Waals surface area contributed by atoms with Crippen molar-refractivity contribution < 1.29 is 9.84 Å². The maximum atomic E-state index is 9.05. The van der Waals surface area contributed by atoms with Crippen LogP contribution < -0.4 is 10.1 Å². The minimum Gasteiger partial charge on any atom is -0.497 e. The van der Waals surface area contributed by atoms with Crippen LogP contribution in [0.5, 0.6) is 5.75 Å². The summed E-state index contributed by atoms with van der Waals surface area (Å²) in [5.41, 5.74) is 4.40. The van der Waals surface area contributed by atoms with E-state index in [1.807, 2.05) is 36.7 Å². The summed E-state index contributed by atoms with van der Waals surface area (Å²) in [6.07, 6.45) is 0.853. The number of nitrogens with zero attached hydrogens (tertiary/aromatic N) is 2. The number of halogens is 1. The van der Waals surface area contributed by atoms with Gasteiger partial charge >= 0.3 is 0 Å². The van der Waals surface area contributed by atoms with Crippen LogP contribution in [0.25, 0.3) is 0 Å². The van der Waals surface area contributed by atoms with Gasteiger partial charge in [0.05, 0.1) is 26.0 Å². The maximum Gasteiger partial charge on any atom is 0.120 e. The third kappa shape index (κ3) is 4.47. The van der Waals surface area contributed by atoms with Crippen molar-refractivity contribution >= 4 is 11.6 Å². The molecule has 1 aromatic heterocycles. The molecule has 2 aromatic rings. The first kappa shape index (κ1) is 17.8. The Hall–Kier alpha value is -1.56. The topological polar surface area (TPSA) is 59.3 Å². The highest BCUT2D eigenvalue weighted by Crippen LogP contribution is 2.22. The zero-order valence-corrected chi connectivity index (χ0v) is 14.7. The zero-order valence-electron chi connectivity index (χ0n) is 13.9. The fourth-order valence-corrected chi connectivity index (χ4v) is 2.86. The lowest BCUT2D eigenvalue weighted by atomic mass is 10.1. The van der Waals surface area contributed by atoms with Crippen molar-refractivity contribution in [3.8, 4) is 5.75 Å². The van der Waals surface area contributed by atoms with Crippen LogP contribution in [-0.2, 0) is 19.5 Å². The van der Waals surface area contributed by atoms with Crippen LogP contribution in [-0.4, -0.2) is 35.1 Å². The van der Waals surface area contributed by atoms with Gasteiger partial charge in [0, 0.05) is 22.8 Å². The third-order valence-corrected chi connectivity index (χ3v) is 4.33. The molecule has 0 saturated heterocycles. The van der Waals surface area contributed by atoms with Crippen molar-refractivity contribution in [2.45, 2.75) is 33.4 Å². The van der Waals surface area contributed by atoms with Crippen LogP contribution in [0.2, 0.25) is 5.02 Å². The molecule has 0 aliphatic heterocycles. The van der Waals surface area contributed by atoms with Gasteiger partial charge in [0.1, 0.15) is 5.75 Å². The second-order valence-electron chi connectivity index (χ2n) is 5.48. The molecule has 0 aliphatic carbocycles. The van der Waals surface area contributed by atoms with Gasteiger partial charge in [-0.2, -0.15) is 5.10 Å². The molecule has 126 valence electrons. The summed E-state index contributed by atoms with van der Waals surface area (Å²) in [7, 11) is 1.63. The molecule has 0 atom stereocenters. The Morgan fingerprint density at radius 2 is 2.13 bits per heavy atom. The lowest BCUT2D eigenvalue weighted by Crippen LogP contribution is -2.18. The van der Waals surface area contributed by atoms with E-state index in [1.165, 1.54) is 5.56 Å². The minimum absolute atomic E-state index is 0.102. The van der Waals surface area contributed by atoms with Crippen molar-refractivity contribution in [1.82, 2.24) is 15.1 Å². The molecule has 6 heteroatoms. The summed E-state index contributed by atoms with van der Waals surface area (Å²) < 4.78 is 7.01. The molecule has 0 spiro atoms. The molecule has 5 nitrogen and oxygen atoms in total. The van der Waals surface area contributed by atoms with Crippen LogP contribution >= 0.6 is 11.6 Å². The fraction of sp³-hybridized carbons (Fsp3) is 0.471. The molecule has 2 N–H and O–H groups in total.